The van der Waals surface area contributed by atoms with Gasteiger partial charge < -0.3 is 10.6 Å². The molecule has 1 atom stereocenters. The molecule has 0 saturated carbocycles. The molecule has 6 heteroatoms. The molecule has 2 rings (SSSR count). The summed E-state index contributed by atoms with van der Waals surface area (Å²) in [5.74, 6) is -0.843. The predicted molar refractivity (Wildman–Crippen MR) is 101 cm³/mol. The molecule has 2 N–H and O–H groups in total. The average molecular weight is 367 g/mol. The van der Waals surface area contributed by atoms with Crippen molar-refractivity contribution in [3.63, 3.8) is 0 Å². The van der Waals surface area contributed by atoms with Crippen molar-refractivity contribution in [1.29, 1.82) is 5.26 Å². The van der Waals surface area contributed by atoms with Crippen LogP contribution < -0.4 is 10.6 Å². The van der Waals surface area contributed by atoms with Gasteiger partial charge in [-0.25, -0.2) is 4.39 Å². The lowest BCUT2D eigenvalue weighted by Gasteiger charge is -2.19. The molecule has 0 aromatic heterocycles. The quantitative estimate of drug-likeness (QED) is 0.737. The third kappa shape index (κ3) is 5.93. The SMILES string of the molecule is CC(C)C[C@H](NC(=O)c1ccc(-c2ccc(F)cc2)cc1)C(=O)NCC#N. The van der Waals surface area contributed by atoms with E-state index in [4.69, 9.17) is 5.26 Å². The molecule has 0 fully saturated rings. The van der Waals surface area contributed by atoms with Gasteiger partial charge in [0.15, 0.2) is 0 Å². The van der Waals surface area contributed by atoms with E-state index < -0.39 is 6.04 Å². The van der Waals surface area contributed by atoms with E-state index in [9.17, 15) is 14.0 Å². The van der Waals surface area contributed by atoms with Crippen LogP contribution in [0.3, 0.4) is 0 Å². The number of hydrogen-bond acceptors (Lipinski definition) is 3. The Morgan fingerprint density at radius 1 is 1.04 bits per heavy atom. The van der Waals surface area contributed by atoms with Crippen molar-refractivity contribution in [1.82, 2.24) is 10.6 Å². The fourth-order valence-electron chi connectivity index (χ4n) is 2.65. The summed E-state index contributed by atoms with van der Waals surface area (Å²) in [7, 11) is 0. The number of benzene rings is 2. The van der Waals surface area contributed by atoms with Gasteiger partial charge in [0.05, 0.1) is 6.07 Å². The van der Waals surface area contributed by atoms with Crippen LogP contribution in [-0.4, -0.2) is 24.4 Å². The van der Waals surface area contributed by atoms with Crippen molar-refractivity contribution >= 4 is 11.8 Å². The smallest absolute Gasteiger partial charge is 0.251 e. The van der Waals surface area contributed by atoms with Crippen molar-refractivity contribution in [2.75, 3.05) is 6.54 Å². The van der Waals surface area contributed by atoms with Gasteiger partial charge in [-0.1, -0.05) is 38.1 Å². The minimum atomic E-state index is -0.706. The Hall–Kier alpha value is -3.20. The molecule has 0 aliphatic carbocycles. The summed E-state index contributed by atoms with van der Waals surface area (Å²) < 4.78 is 13.0. The molecule has 2 amide bonds. The zero-order valence-corrected chi connectivity index (χ0v) is 15.3. The van der Waals surface area contributed by atoms with E-state index in [0.29, 0.717) is 12.0 Å². The maximum absolute atomic E-state index is 13.0. The molecule has 0 unspecified atom stereocenters. The van der Waals surface area contributed by atoms with Crippen molar-refractivity contribution in [2.24, 2.45) is 5.92 Å². The van der Waals surface area contributed by atoms with Gasteiger partial charge in [0, 0.05) is 5.56 Å². The lowest BCUT2D eigenvalue weighted by Crippen LogP contribution is -2.47. The number of halogens is 1. The first kappa shape index (κ1) is 20.1. The van der Waals surface area contributed by atoms with Gasteiger partial charge in [0.25, 0.3) is 5.91 Å². The second kappa shape index (κ2) is 9.48. The Kier molecular flexibility index (Phi) is 7.07. The summed E-state index contributed by atoms with van der Waals surface area (Å²) in [4.78, 5) is 24.7. The second-order valence-electron chi connectivity index (χ2n) is 6.62. The van der Waals surface area contributed by atoms with Crippen LogP contribution in [0.15, 0.2) is 48.5 Å². The number of nitrogens with one attached hydrogen (secondary N) is 2. The van der Waals surface area contributed by atoms with E-state index in [0.717, 1.165) is 11.1 Å². The average Bonchev–Trinajstić information content (AvgIpc) is 2.66. The summed E-state index contributed by atoms with van der Waals surface area (Å²) in [6, 6.07) is 14.1. The van der Waals surface area contributed by atoms with Gasteiger partial charge in [0.1, 0.15) is 18.4 Å². The Balaban J connectivity index is 2.09. The molecular weight excluding hydrogens is 345 g/mol. The lowest BCUT2D eigenvalue weighted by molar-refractivity contribution is -0.123. The largest absolute Gasteiger partial charge is 0.341 e. The minimum absolute atomic E-state index is 0.102. The van der Waals surface area contributed by atoms with E-state index in [1.165, 1.54) is 12.1 Å². The van der Waals surface area contributed by atoms with Crippen LogP contribution in [0.2, 0.25) is 0 Å². The standard InChI is InChI=1S/C21H22FN3O2/c1-14(2)13-19(21(27)24-12-11-23)25-20(26)17-5-3-15(4-6-17)16-7-9-18(22)10-8-16/h3-10,14,19H,12-13H2,1-2H3,(H,24,27)(H,25,26)/t19-/m0/s1. The van der Waals surface area contributed by atoms with Gasteiger partial charge in [-0.15, -0.1) is 0 Å². The maximum atomic E-state index is 13.0. The molecular formula is C21H22FN3O2. The summed E-state index contributed by atoms with van der Waals surface area (Å²) >= 11 is 0. The highest BCUT2D eigenvalue weighted by atomic mass is 19.1. The topological polar surface area (TPSA) is 82.0 Å². The summed E-state index contributed by atoms with van der Waals surface area (Å²) in [5.41, 5.74) is 2.12. The van der Waals surface area contributed by atoms with E-state index >= 15 is 0 Å². The number of hydrogen-bond donors (Lipinski definition) is 2. The van der Waals surface area contributed by atoms with Crippen LogP contribution in [0.25, 0.3) is 11.1 Å². The Morgan fingerprint density at radius 3 is 2.11 bits per heavy atom. The molecule has 0 spiro atoms. The molecule has 2 aromatic rings. The van der Waals surface area contributed by atoms with E-state index in [1.807, 2.05) is 19.9 Å². The third-order valence-electron chi connectivity index (χ3n) is 4.00. The zero-order valence-electron chi connectivity index (χ0n) is 15.3. The number of carbonyl (C=O) groups excluding carboxylic acids is 2. The summed E-state index contributed by atoms with van der Waals surface area (Å²) in [6.45, 7) is 3.80. The monoisotopic (exact) mass is 367 g/mol. The molecule has 2 aromatic carbocycles. The van der Waals surface area contributed by atoms with Gasteiger partial charge in [-0.05, 0) is 47.7 Å². The van der Waals surface area contributed by atoms with E-state index in [1.54, 1.807) is 36.4 Å². The molecule has 0 aliphatic rings. The van der Waals surface area contributed by atoms with Crippen LogP contribution in [0, 0.1) is 23.1 Å². The molecule has 27 heavy (non-hydrogen) atoms. The highest BCUT2D eigenvalue weighted by molar-refractivity contribution is 5.97. The van der Waals surface area contributed by atoms with Gasteiger partial charge >= 0.3 is 0 Å². The fraction of sp³-hybridized carbons (Fsp3) is 0.286. The molecule has 0 bridgehead atoms. The van der Waals surface area contributed by atoms with Crippen LogP contribution >= 0.6 is 0 Å². The van der Waals surface area contributed by atoms with Crippen molar-refractivity contribution in [3.8, 4) is 17.2 Å². The number of rotatable bonds is 7. The first-order valence-electron chi connectivity index (χ1n) is 8.72. The van der Waals surface area contributed by atoms with E-state index in [-0.39, 0.29) is 30.1 Å². The molecule has 0 saturated heterocycles. The maximum Gasteiger partial charge on any atom is 0.251 e. The van der Waals surface area contributed by atoms with Crippen molar-refractivity contribution in [3.05, 3.63) is 59.9 Å². The molecule has 0 aliphatic heterocycles. The number of amides is 2. The van der Waals surface area contributed by atoms with Crippen LogP contribution in [0.1, 0.15) is 30.6 Å². The van der Waals surface area contributed by atoms with Gasteiger partial charge in [-0.3, -0.25) is 9.59 Å². The second-order valence-corrected chi connectivity index (χ2v) is 6.62. The molecule has 140 valence electrons. The van der Waals surface area contributed by atoms with Gasteiger partial charge in [-0.2, -0.15) is 5.26 Å². The van der Waals surface area contributed by atoms with Gasteiger partial charge in [0.2, 0.25) is 5.91 Å². The van der Waals surface area contributed by atoms with Crippen LogP contribution in [0.4, 0.5) is 4.39 Å². The van der Waals surface area contributed by atoms with Crippen molar-refractivity contribution < 1.29 is 14.0 Å². The summed E-state index contributed by atoms with van der Waals surface area (Å²) in [6.07, 6.45) is 0.469. The molecule has 0 heterocycles. The highest BCUT2D eigenvalue weighted by Gasteiger charge is 2.22. The third-order valence-corrected chi connectivity index (χ3v) is 4.00. The first-order valence-corrected chi connectivity index (χ1v) is 8.72. The Bertz CT molecular complexity index is 824. The highest BCUT2D eigenvalue weighted by Crippen LogP contribution is 2.20. The van der Waals surface area contributed by atoms with Crippen molar-refractivity contribution in [2.45, 2.75) is 26.3 Å². The number of nitriles is 1. The minimum Gasteiger partial charge on any atom is -0.341 e. The fourth-order valence-corrected chi connectivity index (χ4v) is 2.65. The number of carbonyl (C=O) groups is 2. The summed E-state index contributed by atoms with van der Waals surface area (Å²) in [5, 5.41) is 13.8. The van der Waals surface area contributed by atoms with Crippen LogP contribution in [0.5, 0.6) is 0 Å². The Labute approximate surface area is 158 Å². The first-order chi connectivity index (χ1) is 12.9. The van der Waals surface area contributed by atoms with Crippen LogP contribution in [-0.2, 0) is 4.79 Å². The lowest BCUT2D eigenvalue weighted by atomic mass is 10.0. The Morgan fingerprint density at radius 2 is 1.59 bits per heavy atom. The predicted octanol–water partition coefficient (Wildman–Crippen LogP) is 3.28. The van der Waals surface area contributed by atoms with E-state index in [2.05, 4.69) is 10.6 Å². The number of nitrogens with zero attached hydrogens (tertiary/aromatic N) is 1. The zero-order chi connectivity index (χ0) is 19.8. The molecule has 5 nitrogen and oxygen atoms in total. The normalized spacial score (nSPS) is 11.5. The molecule has 0 radical (unpaired) electrons.